The largest absolute Gasteiger partial charge is 0.331 e. The van der Waals surface area contributed by atoms with E-state index in [4.69, 9.17) is 0 Å². The quantitative estimate of drug-likeness (QED) is 0.530. The van der Waals surface area contributed by atoms with Crippen LogP contribution in [0, 0.1) is 0 Å². The summed E-state index contributed by atoms with van der Waals surface area (Å²) in [6, 6.07) is 28.4. The van der Waals surface area contributed by atoms with Crippen LogP contribution in [0.3, 0.4) is 0 Å². The Bertz CT molecular complexity index is 1030. The van der Waals surface area contributed by atoms with Gasteiger partial charge >= 0.3 is 6.03 Å². The summed E-state index contributed by atoms with van der Waals surface area (Å²) in [4.78, 5) is 30.4. The van der Waals surface area contributed by atoms with Gasteiger partial charge in [0.1, 0.15) is 4.75 Å². The van der Waals surface area contributed by atoms with Crippen molar-refractivity contribution in [2.24, 2.45) is 0 Å². The molecule has 5 heteroatoms. The Morgan fingerprint density at radius 1 is 0.867 bits per heavy atom. The van der Waals surface area contributed by atoms with Crippen LogP contribution < -0.4 is 4.90 Å². The van der Waals surface area contributed by atoms with Crippen LogP contribution in [0.2, 0.25) is 0 Å². The highest BCUT2D eigenvalue weighted by Crippen LogP contribution is 2.62. The van der Waals surface area contributed by atoms with Gasteiger partial charge in [0.05, 0.1) is 5.69 Å². The van der Waals surface area contributed by atoms with Crippen LogP contribution in [0.5, 0.6) is 0 Å². The number of hydrogen-bond donors (Lipinski definition) is 0. The van der Waals surface area contributed by atoms with Gasteiger partial charge in [0, 0.05) is 18.8 Å². The van der Waals surface area contributed by atoms with Crippen molar-refractivity contribution in [3.05, 3.63) is 102 Å². The Balaban J connectivity index is 1.69. The fourth-order valence-corrected chi connectivity index (χ4v) is 4.93. The lowest BCUT2D eigenvalue weighted by atomic mass is 9.94. The number of urea groups is 1. The molecule has 4 nitrogen and oxygen atoms in total. The predicted octanol–water partition coefficient (Wildman–Crippen LogP) is 5.30. The van der Waals surface area contributed by atoms with E-state index in [0.717, 1.165) is 11.1 Å². The van der Waals surface area contributed by atoms with E-state index in [1.807, 2.05) is 97.9 Å². The molecule has 1 fully saturated rings. The Kier molecular flexibility index (Phi) is 5.64. The van der Waals surface area contributed by atoms with E-state index < -0.39 is 4.75 Å². The average Bonchev–Trinajstić information content (AvgIpc) is 3.48. The van der Waals surface area contributed by atoms with Crippen molar-refractivity contribution in [2.75, 3.05) is 11.9 Å². The van der Waals surface area contributed by atoms with Crippen molar-refractivity contribution in [3.63, 3.8) is 0 Å². The van der Waals surface area contributed by atoms with Crippen LogP contribution in [0.4, 0.5) is 10.5 Å². The maximum absolute atomic E-state index is 13.9. The zero-order valence-corrected chi connectivity index (χ0v) is 17.9. The second kappa shape index (κ2) is 8.36. The summed E-state index contributed by atoms with van der Waals surface area (Å²) < 4.78 is -0.736. The van der Waals surface area contributed by atoms with E-state index in [1.165, 1.54) is 4.90 Å². The van der Waals surface area contributed by atoms with Crippen LogP contribution in [0.25, 0.3) is 0 Å². The molecule has 0 aliphatic carbocycles. The first-order valence-electron chi connectivity index (χ1n) is 9.96. The van der Waals surface area contributed by atoms with Gasteiger partial charge in [-0.05, 0) is 23.3 Å². The number of nitrogens with zero attached hydrogens (tertiary/aromatic N) is 2. The van der Waals surface area contributed by atoms with Gasteiger partial charge in [0.25, 0.3) is 5.91 Å². The molecule has 1 heterocycles. The number of imide groups is 1. The van der Waals surface area contributed by atoms with Crippen LogP contribution in [0.15, 0.2) is 91.0 Å². The first kappa shape index (κ1) is 20.2. The van der Waals surface area contributed by atoms with Gasteiger partial charge in [-0.3, -0.25) is 4.79 Å². The second-order valence-corrected chi connectivity index (χ2v) is 9.05. The third-order valence-corrected chi connectivity index (χ3v) is 6.99. The highest BCUT2D eigenvalue weighted by molar-refractivity contribution is 8.09. The lowest BCUT2D eigenvalue weighted by Gasteiger charge is -2.30. The summed E-state index contributed by atoms with van der Waals surface area (Å²) in [6.45, 7) is 2.47. The summed E-state index contributed by atoms with van der Waals surface area (Å²) in [6.07, 6.45) is 0. The summed E-state index contributed by atoms with van der Waals surface area (Å²) in [5, 5.41) is 0.103. The SMILES string of the molecule is C[C@H]1S[C@]1(C(=O)N(C(=O)N(C)Cc1ccccc1)c1ccccc1)c1ccccc1. The van der Waals surface area contributed by atoms with Crippen molar-refractivity contribution in [1.82, 2.24) is 4.90 Å². The third kappa shape index (κ3) is 3.73. The number of para-hydroxylation sites is 1. The number of amides is 3. The van der Waals surface area contributed by atoms with Crippen molar-refractivity contribution >= 4 is 29.4 Å². The fraction of sp³-hybridized carbons (Fsp3) is 0.200. The molecule has 2 atom stereocenters. The topological polar surface area (TPSA) is 40.6 Å². The van der Waals surface area contributed by atoms with Gasteiger partial charge in [-0.2, -0.15) is 0 Å². The van der Waals surface area contributed by atoms with E-state index >= 15 is 0 Å². The van der Waals surface area contributed by atoms with Gasteiger partial charge in [-0.15, -0.1) is 11.8 Å². The van der Waals surface area contributed by atoms with E-state index in [1.54, 1.807) is 23.7 Å². The third-order valence-electron chi connectivity index (χ3n) is 5.40. The molecule has 0 unspecified atom stereocenters. The Morgan fingerprint density at radius 2 is 1.37 bits per heavy atom. The molecular formula is C25H24N2O2S. The smallest absolute Gasteiger partial charge is 0.323 e. The summed E-state index contributed by atoms with van der Waals surface area (Å²) in [5.41, 5.74) is 2.54. The van der Waals surface area contributed by atoms with E-state index in [2.05, 4.69) is 0 Å². The van der Waals surface area contributed by atoms with Crippen molar-refractivity contribution in [2.45, 2.75) is 23.5 Å². The number of anilines is 1. The zero-order valence-electron chi connectivity index (χ0n) is 17.1. The van der Waals surface area contributed by atoms with Crippen LogP contribution in [0.1, 0.15) is 18.1 Å². The van der Waals surface area contributed by atoms with E-state index in [-0.39, 0.29) is 17.2 Å². The monoisotopic (exact) mass is 416 g/mol. The van der Waals surface area contributed by atoms with Crippen LogP contribution in [-0.4, -0.2) is 29.1 Å². The minimum atomic E-state index is -0.736. The molecule has 152 valence electrons. The van der Waals surface area contributed by atoms with Crippen molar-refractivity contribution < 1.29 is 9.59 Å². The normalized spacial score (nSPS) is 19.7. The molecule has 3 amide bonds. The number of rotatable bonds is 5. The number of carbonyl (C=O) groups excluding carboxylic acids is 2. The minimum absolute atomic E-state index is 0.103. The Labute approximate surface area is 181 Å². The standard InChI is InChI=1S/C25H24N2O2S/c1-19-25(30-19,21-14-8-4-9-15-21)23(28)27(22-16-10-5-11-17-22)24(29)26(2)18-20-12-6-3-7-13-20/h3-17,19H,18H2,1-2H3/t19-,25+/m1/s1. The molecule has 1 saturated heterocycles. The number of carbonyl (C=O) groups is 2. The molecule has 0 bridgehead atoms. The maximum atomic E-state index is 13.9. The lowest BCUT2D eigenvalue weighted by molar-refractivity contribution is -0.119. The van der Waals surface area contributed by atoms with Crippen molar-refractivity contribution in [3.8, 4) is 0 Å². The van der Waals surface area contributed by atoms with Crippen LogP contribution in [-0.2, 0) is 16.1 Å². The minimum Gasteiger partial charge on any atom is -0.323 e. The first-order chi connectivity index (χ1) is 14.5. The first-order valence-corrected chi connectivity index (χ1v) is 10.8. The molecule has 1 aliphatic rings. The number of benzene rings is 3. The molecule has 0 radical (unpaired) electrons. The summed E-state index contributed by atoms with van der Waals surface area (Å²) in [7, 11) is 1.73. The summed E-state index contributed by atoms with van der Waals surface area (Å²) in [5.74, 6) is -0.192. The van der Waals surface area contributed by atoms with Gasteiger partial charge in [-0.1, -0.05) is 85.8 Å². The Hall–Kier alpha value is -3.05. The molecule has 4 rings (SSSR count). The predicted molar refractivity (Wildman–Crippen MR) is 122 cm³/mol. The maximum Gasteiger partial charge on any atom is 0.331 e. The van der Waals surface area contributed by atoms with Gasteiger partial charge in [0.2, 0.25) is 0 Å². The van der Waals surface area contributed by atoms with E-state index in [9.17, 15) is 9.59 Å². The second-order valence-electron chi connectivity index (χ2n) is 7.46. The van der Waals surface area contributed by atoms with Gasteiger partial charge in [0.15, 0.2) is 0 Å². The van der Waals surface area contributed by atoms with E-state index in [0.29, 0.717) is 12.2 Å². The molecule has 1 aliphatic heterocycles. The molecule has 0 N–H and O–H groups in total. The van der Waals surface area contributed by atoms with Gasteiger partial charge < -0.3 is 4.90 Å². The molecule has 0 aromatic heterocycles. The highest BCUT2D eigenvalue weighted by atomic mass is 32.2. The van der Waals surface area contributed by atoms with Crippen molar-refractivity contribution in [1.29, 1.82) is 0 Å². The zero-order chi connectivity index (χ0) is 21.1. The highest BCUT2D eigenvalue weighted by Gasteiger charge is 2.62. The molecule has 30 heavy (non-hydrogen) atoms. The average molecular weight is 417 g/mol. The summed E-state index contributed by atoms with van der Waals surface area (Å²) >= 11 is 1.59. The molecule has 0 spiro atoms. The van der Waals surface area contributed by atoms with Crippen LogP contribution >= 0.6 is 11.8 Å². The molecular weight excluding hydrogens is 392 g/mol. The molecule has 0 saturated carbocycles. The number of hydrogen-bond acceptors (Lipinski definition) is 3. The Morgan fingerprint density at radius 3 is 1.90 bits per heavy atom. The lowest BCUT2D eigenvalue weighted by Crippen LogP contribution is -2.49. The van der Waals surface area contributed by atoms with Gasteiger partial charge in [-0.25, -0.2) is 9.69 Å². The molecule has 3 aromatic rings. The molecule has 3 aromatic carbocycles. The number of thioether (sulfide) groups is 1. The fourth-order valence-electron chi connectivity index (χ4n) is 3.73.